The molecule has 0 heterocycles. The van der Waals surface area contributed by atoms with Gasteiger partial charge in [0.1, 0.15) is 5.60 Å². The Labute approximate surface area is 114 Å². The average Bonchev–Trinajstić information content (AvgIpc) is 2.46. The van der Waals surface area contributed by atoms with E-state index in [0.29, 0.717) is 0 Å². The van der Waals surface area contributed by atoms with Gasteiger partial charge in [-0.25, -0.2) is 0 Å². The maximum Gasteiger partial charge on any atom is 0.417 e. The second-order valence-corrected chi connectivity index (χ2v) is 4.44. The summed E-state index contributed by atoms with van der Waals surface area (Å²) in [7, 11) is 0. The molecule has 0 bridgehead atoms. The molecule has 2 aromatic carbocycles. The predicted molar refractivity (Wildman–Crippen MR) is 67.9 cm³/mol. The van der Waals surface area contributed by atoms with Crippen LogP contribution in [0.15, 0.2) is 60.7 Å². The Morgan fingerprint density at radius 3 is 1.40 bits per heavy atom. The summed E-state index contributed by atoms with van der Waals surface area (Å²) in [4.78, 5) is 0. The van der Waals surface area contributed by atoms with Crippen molar-refractivity contribution in [1.29, 1.82) is 0 Å². The van der Waals surface area contributed by atoms with E-state index in [1.54, 1.807) is 12.1 Å². The minimum absolute atomic E-state index is 0.0176. The lowest BCUT2D eigenvalue weighted by Crippen LogP contribution is -2.49. The highest BCUT2D eigenvalue weighted by molar-refractivity contribution is 5.37. The van der Waals surface area contributed by atoms with Crippen molar-refractivity contribution in [1.82, 2.24) is 0 Å². The highest BCUT2D eigenvalue weighted by atomic mass is 19.4. The molecule has 2 rings (SSSR count). The monoisotopic (exact) mass is 282 g/mol. The summed E-state index contributed by atoms with van der Waals surface area (Å²) in [6.07, 6.45) is -7.86. The summed E-state index contributed by atoms with van der Waals surface area (Å²) in [5.74, 6) is 0. The predicted octanol–water partition coefficient (Wildman–Crippen LogP) is 2.85. The SMILES string of the molecule is O[C@H](C(F)(F)F)C(O)(c1ccccc1)c1ccccc1. The molecule has 2 N–H and O–H groups in total. The van der Waals surface area contributed by atoms with Gasteiger partial charge in [0.25, 0.3) is 0 Å². The summed E-state index contributed by atoms with van der Waals surface area (Å²) in [5, 5.41) is 20.2. The molecule has 0 aliphatic carbocycles. The Morgan fingerprint density at radius 1 is 0.750 bits per heavy atom. The molecule has 0 amide bonds. The normalized spacial score (nSPS) is 14.1. The highest BCUT2D eigenvalue weighted by Gasteiger charge is 2.54. The van der Waals surface area contributed by atoms with Crippen molar-refractivity contribution in [3.8, 4) is 0 Å². The number of hydrogen-bond donors (Lipinski definition) is 2. The van der Waals surface area contributed by atoms with Crippen LogP contribution in [0.25, 0.3) is 0 Å². The maximum atomic E-state index is 12.9. The molecule has 2 aromatic rings. The molecule has 0 aromatic heterocycles. The quantitative estimate of drug-likeness (QED) is 0.908. The lowest BCUT2D eigenvalue weighted by molar-refractivity contribution is -0.250. The van der Waals surface area contributed by atoms with Gasteiger partial charge in [0.2, 0.25) is 0 Å². The zero-order valence-corrected chi connectivity index (χ0v) is 10.4. The van der Waals surface area contributed by atoms with Gasteiger partial charge < -0.3 is 10.2 Å². The fraction of sp³-hybridized carbons (Fsp3) is 0.200. The minimum atomic E-state index is -4.94. The van der Waals surface area contributed by atoms with Crippen molar-refractivity contribution >= 4 is 0 Å². The standard InChI is InChI=1S/C15H13F3O2/c16-15(17,18)13(19)14(20,11-7-3-1-4-8-11)12-9-5-2-6-10-12/h1-10,13,19-20H/t13-/m0/s1. The summed E-state index contributed by atoms with van der Waals surface area (Å²) < 4.78 is 38.7. The van der Waals surface area contributed by atoms with E-state index in [9.17, 15) is 23.4 Å². The number of alkyl halides is 3. The topological polar surface area (TPSA) is 40.5 Å². The van der Waals surface area contributed by atoms with Crippen LogP contribution in [-0.4, -0.2) is 22.5 Å². The summed E-state index contributed by atoms with van der Waals surface area (Å²) in [5.41, 5.74) is -2.58. The zero-order valence-electron chi connectivity index (χ0n) is 10.4. The van der Waals surface area contributed by atoms with Crippen LogP contribution in [0.2, 0.25) is 0 Å². The number of aliphatic hydroxyl groups is 2. The van der Waals surface area contributed by atoms with Gasteiger partial charge in [-0.3, -0.25) is 0 Å². The lowest BCUT2D eigenvalue weighted by atomic mass is 9.81. The second-order valence-electron chi connectivity index (χ2n) is 4.44. The fourth-order valence-electron chi connectivity index (χ4n) is 2.10. The Bertz CT molecular complexity index is 513. The number of hydrogen-bond acceptors (Lipinski definition) is 2. The zero-order chi connectivity index (χ0) is 14.8. The van der Waals surface area contributed by atoms with Crippen molar-refractivity contribution in [2.45, 2.75) is 17.9 Å². The van der Waals surface area contributed by atoms with Crippen LogP contribution in [0, 0.1) is 0 Å². The Balaban J connectivity index is 2.61. The van der Waals surface area contributed by atoms with Gasteiger partial charge in [0.05, 0.1) is 0 Å². The maximum absolute atomic E-state index is 12.9. The molecule has 2 nitrogen and oxygen atoms in total. The van der Waals surface area contributed by atoms with E-state index < -0.39 is 17.9 Å². The van der Waals surface area contributed by atoms with E-state index in [1.165, 1.54) is 48.5 Å². The molecule has 0 aliphatic heterocycles. The number of aliphatic hydroxyl groups excluding tert-OH is 1. The molecule has 0 aliphatic rings. The fourth-order valence-corrected chi connectivity index (χ4v) is 2.10. The van der Waals surface area contributed by atoms with Crippen LogP contribution < -0.4 is 0 Å². The van der Waals surface area contributed by atoms with Crippen LogP contribution in [0.3, 0.4) is 0 Å². The molecule has 0 radical (unpaired) electrons. The molecular weight excluding hydrogens is 269 g/mol. The summed E-state index contributed by atoms with van der Waals surface area (Å²) in [6, 6.07) is 14.7. The Hall–Kier alpha value is -1.85. The van der Waals surface area contributed by atoms with Crippen LogP contribution >= 0.6 is 0 Å². The molecule has 5 heteroatoms. The highest BCUT2D eigenvalue weighted by Crippen LogP contribution is 2.39. The van der Waals surface area contributed by atoms with Gasteiger partial charge in [-0.2, -0.15) is 13.2 Å². The smallest absolute Gasteiger partial charge is 0.381 e. The number of benzene rings is 2. The van der Waals surface area contributed by atoms with Crippen molar-refractivity contribution < 1.29 is 23.4 Å². The van der Waals surface area contributed by atoms with Gasteiger partial charge >= 0.3 is 6.18 Å². The Kier molecular flexibility index (Phi) is 3.83. The van der Waals surface area contributed by atoms with Crippen LogP contribution in [0.4, 0.5) is 13.2 Å². The third kappa shape index (κ3) is 2.55. The average molecular weight is 282 g/mol. The molecule has 106 valence electrons. The van der Waals surface area contributed by atoms with Gasteiger partial charge in [-0.05, 0) is 11.1 Å². The van der Waals surface area contributed by atoms with Crippen molar-refractivity contribution in [3.05, 3.63) is 71.8 Å². The number of rotatable bonds is 3. The van der Waals surface area contributed by atoms with E-state index in [4.69, 9.17) is 0 Å². The lowest BCUT2D eigenvalue weighted by Gasteiger charge is -2.35. The first-order chi connectivity index (χ1) is 9.37. The van der Waals surface area contributed by atoms with Crippen molar-refractivity contribution in [2.24, 2.45) is 0 Å². The molecule has 1 atom stereocenters. The molecule has 0 spiro atoms. The van der Waals surface area contributed by atoms with E-state index >= 15 is 0 Å². The third-order valence-electron chi connectivity index (χ3n) is 3.13. The van der Waals surface area contributed by atoms with E-state index in [0.717, 1.165) is 0 Å². The first kappa shape index (κ1) is 14.6. The first-order valence-corrected chi connectivity index (χ1v) is 5.95. The van der Waals surface area contributed by atoms with Gasteiger partial charge in [-0.15, -0.1) is 0 Å². The molecule has 20 heavy (non-hydrogen) atoms. The van der Waals surface area contributed by atoms with E-state index in [2.05, 4.69) is 0 Å². The van der Waals surface area contributed by atoms with Gasteiger partial charge in [-0.1, -0.05) is 60.7 Å². The molecule has 0 saturated heterocycles. The van der Waals surface area contributed by atoms with Crippen molar-refractivity contribution in [3.63, 3.8) is 0 Å². The van der Waals surface area contributed by atoms with E-state index in [1.807, 2.05) is 0 Å². The second kappa shape index (κ2) is 5.26. The van der Waals surface area contributed by atoms with Gasteiger partial charge in [0, 0.05) is 0 Å². The largest absolute Gasteiger partial charge is 0.417 e. The first-order valence-electron chi connectivity index (χ1n) is 5.95. The van der Waals surface area contributed by atoms with Crippen molar-refractivity contribution in [2.75, 3.05) is 0 Å². The summed E-state index contributed by atoms with van der Waals surface area (Å²) >= 11 is 0. The van der Waals surface area contributed by atoms with Crippen LogP contribution in [-0.2, 0) is 5.60 Å². The molecule has 0 unspecified atom stereocenters. The van der Waals surface area contributed by atoms with E-state index in [-0.39, 0.29) is 11.1 Å². The molecule has 0 saturated carbocycles. The summed E-state index contributed by atoms with van der Waals surface area (Å²) in [6.45, 7) is 0. The van der Waals surface area contributed by atoms with Crippen LogP contribution in [0.1, 0.15) is 11.1 Å². The minimum Gasteiger partial charge on any atom is -0.381 e. The van der Waals surface area contributed by atoms with Gasteiger partial charge in [0.15, 0.2) is 6.10 Å². The molecule has 0 fully saturated rings. The Morgan fingerprint density at radius 2 is 1.10 bits per heavy atom. The van der Waals surface area contributed by atoms with Crippen LogP contribution in [0.5, 0.6) is 0 Å². The number of halogens is 3. The third-order valence-corrected chi connectivity index (χ3v) is 3.13. The molecular formula is C15H13F3O2.